The summed E-state index contributed by atoms with van der Waals surface area (Å²) in [6, 6.07) is 16.8. The molecule has 0 aliphatic carbocycles. The second-order valence-electron chi connectivity index (χ2n) is 12.6. The summed E-state index contributed by atoms with van der Waals surface area (Å²) in [5.74, 6) is 0. The lowest BCUT2D eigenvalue weighted by atomic mass is 9.66. The molecule has 14 heteroatoms. The molecule has 0 aromatic heterocycles. The number of nitrogens with zero attached hydrogens (tertiary/aromatic N) is 2. The van der Waals surface area contributed by atoms with Crippen molar-refractivity contribution in [3.8, 4) is 0 Å². The Morgan fingerprint density at radius 3 is 1.89 bits per heavy atom. The van der Waals surface area contributed by atoms with Gasteiger partial charge in [0.15, 0.2) is 5.60 Å². The molecule has 4 aliphatic rings. The van der Waals surface area contributed by atoms with E-state index in [1.165, 1.54) is 5.56 Å². The number of cyclic esters (lactones) is 1. The average molecular weight is 726 g/mol. The molecule has 256 valence electrons. The van der Waals surface area contributed by atoms with Crippen molar-refractivity contribution in [2.75, 3.05) is 32.7 Å². The van der Waals surface area contributed by atoms with Crippen molar-refractivity contribution in [2.45, 2.75) is 55.6 Å². The Morgan fingerprint density at radius 2 is 1.36 bits per heavy atom. The molecular formula is C33H33Cl3F6N2O3. The van der Waals surface area contributed by atoms with Crippen LogP contribution in [0.2, 0.25) is 10.0 Å². The molecule has 2 N–H and O–H groups in total. The lowest BCUT2D eigenvalue weighted by Crippen LogP contribution is -3.00. The summed E-state index contributed by atoms with van der Waals surface area (Å²) in [6.07, 6.45) is -7.35. The van der Waals surface area contributed by atoms with Crippen molar-refractivity contribution < 1.29 is 58.2 Å². The van der Waals surface area contributed by atoms with Crippen LogP contribution in [0.3, 0.4) is 0 Å². The highest BCUT2D eigenvalue weighted by atomic mass is 35.5. The van der Waals surface area contributed by atoms with Crippen molar-refractivity contribution in [1.29, 1.82) is 0 Å². The minimum absolute atomic E-state index is 0. The molecule has 0 spiro atoms. The number of carbonyl (C=O) groups excluding carboxylic acids is 1. The van der Waals surface area contributed by atoms with Crippen LogP contribution in [0.25, 0.3) is 0 Å². The zero-order valence-electron chi connectivity index (χ0n) is 25.0. The van der Waals surface area contributed by atoms with Gasteiger partial charge in [-0.25, -0.2) is 4.79 Å². The van der Waals surface area contributed by atoms with E-state index >= 15 is 0 Å². The van der Waals surface area contributed by atoms with Crippen LogP contribution in [0.15, 0.2) is 66.7 Å². The zero-order chi connectivity index (χ0) is 32.3. The number of quaternary nitrogens is 1. The van der Waals surface area contributed by atoms with Gasteiger partial charge in [0.2, 0.25) is 0 Å². The van der Waals surface area contributed by atoms with Crippen LogP contribution in [0.4, 0.5) is 31.1 Å². The summed E-state index contributed by atoms with van der Waals surface area (Å²) < 4.78 is 88.0. The second kappa shape index (κ2) is 13.3. The number of amides is 1. The fraction of sp³-hybridized carbons (Fsp3) is 0.424. The lowest BCUT2D eigenvalue weighted by Gasteiger charge is -2.55. The van der Waals surface area contributed by atoms with E-state index in [0.717, 1.165) is 48.3 Å². The van der Waals surface area contributed by atoms with Crippen LogP contribution in [0.5, 0.6) is 0 Å². The van der Waals surface area contributed by atoms with E-state index in [1.807, 2.05) is 6.07 Å². The number of rotatable bonds is 7. The van der Waals surface area contributed by atoms with E-state index in [0.29, 0.717) is 35.7 Å². The molecule has 7 rings (SSSR count). The molecule has 47 heavy (non-hydrogen) atoms. The van der Waals surface area contributed by atoms with Gasteiger partial charge in [-0.3, -0.25) is 4.90 Å². The van der Waals surface area contributed by atoms with E-state index in [4.69, 9.17) is 27.9 Å². The minimum atomic E-state index is -5.00. The highest BCUT2D eigenvalue weighted by Crippen LogP contribution is 2.48. The fourth-order valence-electron chi connectivity index (χ4n) is 7.33. The summed E-state index contributed by atoms with van der Waals surface area (Å²) in [5.41, 5.74) is -2.32. The number of ether oxygens (including phenoxy) is 1. The number of carbonyl (C=O) groups is 1. The average Bonchev–Trinajstić information content (AvgIpc) is 3.33. The van der Waals surface area contributed by atoms with E-state index < -0.39 is 41.7 Å². The summed E-state index contributed by atoms with van der Waals surface area (Å²) >= 11 is 12.5. The van der Waals surface area contributed by atoms with Crippen LogP contribution in [-0.4, -0.2) is 53.7 Å². The Kier molecular flexibility index (Phi) is 10.5. The van der Waals surface area contributed by atoms with Crippen LogP contribution < -0.4 is 12.4 Å². The van der Waals surface area contributed by atoms with Crippen molar-refractivity contribution in [3.05, 3.63) is 105 Å². The zero-order valence-corrected chi connectivity index (χ0v) is 27.3. The molecule has 4 saturated heterocycles. The smallest absolute Gasteiger partial charge is 0.416 e. The van der Waals surface area contributed by atoms with Crippen molar-refractivity contribution in [1.82, 2.24) is 4.90 Å². The molecule has 4 fully saturated rings. The van der Waals surface area contributed by atoms with Crippen molar-refractivity contribution in [3.63, 3.8) is 0 Å². The standard InChI is InChI=1S/C33H31Cl2F6N2O2.ClH.H2O/c34-27-7-6-24(19-28(27)35)31(11-15-43-12-8-30(9-13-43,10-14-43)23-4-2-1-3-5-23)21-42(29(44)45-31)20-22-16-25(32(36,37)38)18-26(17-22)33(39,40)41;;/h1-7,16-19H,8-15,20-21H2;1H;1H2/q+1;;/p-1. The first-order valence-electron chi connectivity index (χ1n) is 14.7. The third kappa shape index (κ3) is 7.34. The summed E-state index contributed by atoms with van der Waals surface area (Å²) in [5, 5.41) is 0.540. The summed E-state index contributed by atoms with van der Waals surface area (Å²) in [4.78, 5) is 14.4. The van der Waals surface area contributed by atoms with Gasteiger partial charge in [0.25, 0.3) is 0 Å². The predicted octanol–water partition coefficient (Wildman–Crippen LogP) is 5.40. The Bertz CT molecular complexity index is 1550. The molecule has 2 bridgehead atoms. The molecule has 1 amide bonds. The molecule has 0 saturated carbocycles. The molecule has 0 radical (unpaired) electrons. The molecular weight excluding hydrogens is 693 g/mol. The maximum absolute atomic E-state index is 13.5. The van der Waals surface area contributed by atoms with Crippen molar-refractivity contribution >= 4 is 29.3 Å². The summed E-state index contributed by atoms with van der Waals surface area (Å²) in [7, 11) is 0. The van der Waals surface area contributed by atoms with E-state index in [-0.39, 0.29) is 46.5 Å². The van der Waals surface area contributed by atoms with Gasteiger partial charge in [-0.15, -0.1) is 0 Å². The molecule has 4 aliphatic heterocycles. The lowest BCUT2D eigenvalue weighted by molar-refractivity contribution is -0.944. The van der Waals surface area contributed by atoms with Crippen LogP contribution in [0, 0.1) is 0 Å². The topological polar surface area (TPSA) is 61.0 Å². The van der Waals surface area contributed by atoms with Gasteiger partial charge in [0.1, 0.15) is 0 Å². The van der Waals surface area contributed by atoms with E-state index in [2.05, 4.69) is 24.3 Å². The van der Waals surface area contributed by atoms with E-state index in [1.54, 1.807) is 18.2 Å². The van der Waals surface area contributed by atoms with Gasteiger partial charge in [0, 0.05) is 37.6 Å². The second-order valence-corrected chi connectivity index (χ2v) is 13.5. The first-order valence-corrected chi connectivity index (χ1v) is 15.5. The quantitative estimate of drug-likeness (QED) is 0.242. The Hall–Kier alpha value is -2.70. The largest absolute Gasteiger partial charge is 1.00 e. The SMILES string of the molecule is O.O=C1OC(CC[N+]23CCC(c4ccccc4)(CC2)CC3)(c2ccc(Cl)c(Cl)c2)CN1Cc1cc(C(F)(F)F)cc(C(F)(F)F)c1.[Cl-]. The van der Waals surface area contributed by atoms with Gasteiger partial charge in [-0.2, -0.15) is 26.3 Å². The molecule has 1 atom stereocenters. The third-order valence-electron chi connectivity index (χ3n) is 10.0. The first-order chi connectivity index (χ1) is 21.1. The van der Waals surface area contributed by atoms with E-state index in [9.17, 15) is 31.1 Å². The highest BCUT2D eigenvalue weighted by molar-refractivity contribution is 6.42. The third-order valence-corrected chi connectivity index (χ3v) is 10.8. The number of halogens is 9. The number of fused-ring (bicyclic) bond motifs is 3. The van der Waals surface area contributed by atoms with Gasteiger partial charge in [0.05, 0.1) is 53.9 Å². The predicted molar refractivity (Wildman–Crippen MR) is 161 cm³/mol. The Balaban J connectivity index is 0.00000250. The monoisotopic (exact) mass is 724 g/mol. The van der Waals surface area contributed by atoms with Gasteiger partial charge in [-0.1, -0.05) is 59.6 Å². The number of piperidine rings is 3. The Morgan fingerprint density at radius 1 is 0.787 bits per heavy atom. The molecule has 5 nitrogen and oxygen atoms in total. The number of benzene rings is 3. The summed E-state index contributed by atoms with van der Waals surface area (Å²) in [6.45, 7) is 2.97. The Labute approximate surface area is 284 Å². The first kappa shape index (κ1) is 37.1. The molecule has 3 aromatic carbocycles. The number of hydrogen-bond donors (Lipinski definition) is 0. The van der Waals surface area contributed by atoms with Crippen LogP contribution in [0.1, 0.15) is 53.5 Å². The minimum Gasteiger partial charge on any atom is -1.00 e. The molecule has 4 heterocycles. The van der Waals surface area contributed by atoms with Crippen LogP contribution >= 0.6 is 23.2 Å². The normalized spacial score (nSPS) is 25.6. The maximum atomic E-state index is 13.5. The van der Waals surface area contributed by atoms with Gasteiger partial charge in [-0.05, 0) is 47.0 Å². The number of hydrogen-bond acceptors (Lipinski definition) is 2. The number of alkyl halides is 6. The fourth-order valence-corrected chi connectivity index (χ4v) is 7.63. The molecule has 1 unspecified atom stereocenters. The van der Waals surface area contributed by atoms with Gasteiger partial charge >= 0.3 is 18.4 Å². The highest BCUT2D eigenvalue weighted by Gasteiger charge is 2.53. The van der Waals surface area contributed by atoms with Gasteiger partial charge < -0.3 is 27.1 Å². The van der Waals surface area contributed by atoms with Crippen LogP contribution in [-0.2, 0) is 34.7 Å². The molecule has 3 aromatic rings. The van der Waals surface area contributed by atoms with Crippen molar-refractivity contribution in [2.24, 2.45) is 0 Å². The maximum Gasteiger partial charge on any atom is 0.416 e.